The zero-order chi connectivity index (χ0) is 12.4. The predicted octanol–water partition coefficient (Wildman–Crippen LogP) is 3.56. The number of H-pyrrole nitrogens is 1. The van der Waals surface area contributed by atoms with Crippen molar-refractivity contribution in [3.63, 3.8) is 0 Å². The molecule has 1 N–H and O–H groups in total. The lowest BCUT2D eigenvalue weighted by molar-refractivity contribution is 0.602. The molecule has 0 saturated heterocycles. The number of aromatic nitrogens is 1. The fourth-order valence-electron chi connectivity index (χ4n) is 1.42. The molecule has 84 valence electrons. The van der Waals surface area contributed by atoms with Crippen molar-refractivity contribution in [1.29, 1.82) is 5.26 Å². The number of hydrogen-bond donors (Lipinski definition) is 1. The fraction of sp³-hybridized carbons (Fsp3) is 0. The number of benzene rings is 1. The molecule has 5 heteroatoms. The van der Waals surface area contributed by atoms with Crippen molar-refractivity contribution >= 4 is 12.2 Å². The van der Waals surface area contributed by atoms with Crippen LogP contribution in [0.25, 0.3) is 11.3 Å². The first-order valence-electron chi connectivity index (χ1n) is 4.70. The van der Waals surface area contributed by atoms with Crippen molar-refractivity contribution in [3.8, 4) is 17.3 Å². The highest BCUT2D eigenvalue weighted by Crippen LogP contribution is 2.22. The van der Waals surface area contributed by atoms with Gasteiger partial charge in [0.1, 0.15) is 22.3 Å². The maximum Gasteiger partial charge on any atom is 0.132 e. The summed E-state index contributed by atoms with van der Waals surface area (Å²) in [4.78, 5) is 2.70. The maximum absolute atomic E-state index is 13.5. The first-order chi connectivity index (χ1) is 8.11. The van der Waals surface area contributed by atoms with Crippen molar-refractivity contribution < 1.29 is 8.78 Å². The molecular weight excluding hydrogens is 242 g/mol. The zero-order valence-corrected chi connectivity index (χ0v) is 9.31. The molecule has 0 spiro atoms. The Bertz CT molecular complexity index is 671. The second-order valence-electron chi connectivity index (χ2n) is 3.35. The minimum Gasteiger partial charge on any atom is -0.345 e. The maximum atomic E-state index is 13.5. The summed E-state index contributed by atoms with van der Waals surface area (Å²) in [5.74, 6) is -1.09. The Labute approximate surface area is 101 Å². The van der Waals surface area contributed by atoms with E-state index >= 15 is 0 Å². The smallest absolute Gasteiger partial charge is 0.132 e. The lowest BCUT2D eigenvalue weighted by atomic mass is 10.1. The van der Waals surface area contributed by atoms with Gasteiger partial charge in [0.15, 0.2) is 0 Å². The lowest BCUT2D eigenvalue weighted by Crippen LogP contribution is -1.91. The summed E-state index contributed by atoms with van der Waals surface area (Å²) in [6, 6.07) is 8.01. The van der Waals surface area contributed by atoms with Crippen molar-refractivity contribution in [3.05, 3.63) is 52.2 Å². The molecule has 2 nitrogen and oxygen atoms in total. The van der Waals surface area contributed by atoms with Crippen LogP contribution >= 0.6 is 12.2 Å². The number of hydrogen-bond acceptors (Lipinski definition) is 2. The largest absolute Gasteiger partial charge is 0.345 e. The van der Waals surface area contributed by atoms with Crippen LogP contribution < -0.4 is 0 Å². The Morgan fingerprint density at radius 2 is 1.94 bits per heavy atom. The normalized spacial score (nSPS) is 9.94. The van der Waals surface area contributed by atoms with Gasteiger partial charge in [-0.15, -0.1) is 0 Å². The summed E-state index contributed by atoms with van der Waals surface area (Å²) >= 11 is 4.92. The van der Waals surface area contributed by atoms with Gasteiger partial charge in [0.2, 0.25) is 0 Å². The summed E-state index contributed by atoms with van der Waals surface area (Å²) in [5.41, 5.74) is 0.715. The predicted molar refractivity (Wildman–Crippen MR) is 61.7 cm³/mol. The molecule has 0 aliphatic rings. The molecule has 0 fully saturated rings. The number of aromatic amines is 1. The van der Waals surface area contributed by atoms with Crippen molar-refractivity contribution in [2.75, 3.05) is 0 Å². The van der Waals surface area contributed by atoms with E-state index in [1.54, 1.807) is 0 Å². The highest BCUT2D eigenvalue weighted by molar-refractivity contribution is 7.71. The molecule has 2 aromatic rings. The molecule has 1 aromatic carbocycles. The topological polar surface area (TPSA) is 39.6 Å². The third kappa shape index (κ3) is 2.22. The van der Waals surface area contributed by atoms with Gasteiger partial charge >= 0.3 is 0 Å². The van der Waals surface area contributed by atoms with E-state index in [0.717, 1.165) is 18.2 Å². The van der Waals surface area contributed by atoms with Gasteiger partial charge in [-0.3, -0.25) is 0 Å². The molecule has 1 aromatic heterocycles. The molecule has 0 amide bonds. The molecule has 0 saturated carbocycles. The minimum atomic E-state index is -0.554. The Hall–Kier alpha value is -2.06. The SMILES string of the molecule is N#Cc1ccc(-c2cc(F)ccc2F)[nH]c1=S. The van der Waals surface area contributed by atoms with Gasteiger partial charge in [-0.25, -0.2) is 8.78 Å². The van der Waals surface area contributed by atoms with E-state index in [4.69, 9.17) is 17.5 Å². The molecule has 1 heterocycles. The Morgan fingerprint density at radius 1 is 1.18 bits per heavy atom. The van der Waals surface area contributed by atoms with Gasteiger partial charge in [-0.2, -0.15) is 5.26 Å². The van der Waals surface area contributed by atoms with Gasteiger partial charge in [0.25, 0.3) is 0 Å². The average Bonchev–Trinajstić information content (AvgIpc) is 2.32. The third-order valence-corrected chi connectivity index (χ3v) is 2.57. The average molecular weight is 248 g/mol. The summed E-state index contributed by atoms with van der Waals surface area (Å²) in [7, 11) is 0. The Kier molecular flexibility index (Phi) is 2.98. The number of nitrogens with zero attached hydrogens (tertiary/aromatic N) is 1. The highest BCUT2D eigenvalue weighted by atomic mass is 32.1. The molecule has 0 unspecified atom stereocenters. The molecule has 2 rings (SSSR count). The monoisotopic (exact) mass is 248 g/mol. The van der Waals surface area contributed by atoms with E-state index in [1.165, 1.54) is 12.1 Å². The summed E-state index contributed by atoms with van der Waals surface area (Å²) in [6.45, 7) is 0. The van der Waals surface area contributed by atoms with Crippen molar-refractivity contribution in [1.82, 2.24) is 4.98 Å². The van der Waals surface area contributed by atoms with E-state index in [-0.39, 0.29) is 10.2 Å². The summed E-state index contributed by atoms with van der Waals surface area (Å²) in [5, 5.41) is 8.71. The van der Waals surface area contributed by atoms with Gasteiger partial charge in [0.05, 0.1) is 5.56 Å². The number of pyridine rings is 1. The van der Waals surface area contributed by atoms with Crippen molar-refractivity contribution in [2.45, 2.75) is 0 Å². The summed E-state index contributed by atoms with van der Waals surface area (Å²) < 4.78 is 26.7. The third-order valence-electron chi connectivity index (χ3n) is 2.25. The lowest BCUT2D eigenvalue weighted by Gasteiger charge is -2.04. The van der Waals surface area contributed by atoms with Crippen LogP contribution in [0.4, 0.5) is 8.78 Å². The van der Waals surface area contributed by atoms with Gasteiger partial charge in [-0.1, -0.05) is 12.2 Å². The fourth-order valence-corrected chi connectivity index (χ4v) is 1.65. The van der Waals surface area contributed by atoms with Crippen LogP contribution in [0.5, 0.6) is 0 Å². The van der Waals surface area contributed by atoms with Crippen LogP contribution in [0, 0.1) is 27.6 Å². The van der Waals surface area contributed by atoms with Crippen LogP contribution in [0.1, 0.15) is 5.56 Å². The highest BCUT2D eigenvalue weighted by Gasteiger charge is 2.07. The molecule has 0 bridgehead atoms. The molecule has 0 aliphatic carbocycles. The first kappa shape index (κ1) is 11.4. The van der Waals surface area contributed by atoms with Gasteiger partial charge in [0, 0.05) is 11.3 Å². The van der Waals surface area contributed by atoms with Crippen LogP contribution in [-0.4, -0.2) is 4.98 Å². The Balaban J connectivity index is 2.62. The van der Waals surface area contributed by atoms with E-state index in [9.17, 15) is 8.78 Å². The van der Waals surface area contributed by atoms with Crippen LogP contribution in [-0.2, 0) is 0 Å². The van der Waals surface area contributed by atoms with Crippen molar-refractivity contribution in [2.24, 2.45) is 0 Å². The minimum absolute atomic E-state index is 0.0839. The van der Waals surface area contributed by atoms with Crippen LogP contribution in [0.3, 0.4) is 0 Å². The summed E-state index contributed by atoms with van der Waals surface area (Å²) in [6.07, 6.45) is 0. The quantitative estimate of drug-likeness (QED) is 0.784. The first-order valence-corrected chi connectivity index (χ1v) is 5.11. The Morgan fingerprint density at radius 3 is 2.59 bits per heavy atom. The number of halogens is 2. The number of nitriles is 1. The van der Waals surface area contributed by atoms with E-state index in [1.807, 2.05) is 6.07 Å². The second kappa shape index (κ2) is 4.44. The van der Waals surface area contributed by atoms with Crippen LogP contribution in [0.15, 0.2) is 30.3 Å². The molecule has 0 atom stereocenters. The zero-order valence-electron chi connectivity index (χ0n) is 8.50. The standard InChI is InChI=1S/C12H6F2N2S/c13-8-2-3-10(14)9(5-8)11-4-1-7(6-15)12(17)16-11/h1-5H,(H,16,17). The van der Waals surface area contributed by atoms with Crippen LogP contribution in [0.2, 0.25) is 0 Å². The molecule has 0 radical (unpaired) electrons. The van der Waals surface area contributed by atoms with Gasteiger partial charge < -0.3 is 4.98 Å². The van der Waals surface area contributed by atoms with E-state index in [0.29, 0.717) is 11.3 Å². The van der Waals surface area contributed by atoms with Gasteiger partial charge in [-0.05, 0) is 30.3 Å². The molecule has 0 aliphatic heterocycles. The van der Waals surface area contributed by atoms with E-state index < -0.39 is 11.6 Å². The molecular formula is C12H6F2N2S. The van der Waals surface area contributed by atoms with E-state index in [2.05, 4.69) is 4.98 Å². The second-order valence-corrected chi connectivity index (χ2v) is 3.76. The number of rotatable bonds is 1. The number of nitrogens with one attached hydrogen (secondary N) is 1. The molecule has 17 heavy (non-hydrogen) atoms.